The van der Waals surface area contributed by atoms with E-state index in [1.807, 2.05) is 0 Å². The minimum Gasteiger partial charge on any atom is -0.490 e. The van der Waals surface area contributed by atoms with E-state index in [0.717, 1.165) is 29.6 Å². The van der Waals surface area contributed by atoms with Crippen molar-refractivity contribution in [1.82, 2.24) is 0 Å². The zero-order chi connectivity index (χ0) is 23.2. The molecule has 0 amide bonds. The van der Waals surface area contributed by atoms with Gasteiger partial charge in [0, 0.05) is 0 Å². The summed E-state index contributed by atoms with van der Waals surface area (Å²) in [5.41, 5.74) is 0.399. The molecule has 0 radical (unpaired) electrons. The summed E-state index contributed by atoms with van der Waals surface area (Å²) in [5.74, 6) is 3.56. The average molecular weight is 459 g/mol. The lowest BCUT2D eigenvalue weighted by Gasteiger charge is -2.45. The van der Waals surface area contributed by atoms with Crippen LogP contribution in [0.2, 0.25) is 0 Å². The third-order valence-electron chi connectivity index (χ3n) is 9.24. The van der Waals surface area contributed by atoms with Crippen LogP contribution in [0.3, 0.4) is 0 Å². The fourth-order valence-corrected chi connectivity index (χ4v) is 7.30. The highest BCUT2D eigenvalue weighted by molar-refractivity contribution is 5.31. The molecule has 3 fully saturated rings. The predicted molar refractivity (Wildman–Crippen MR) is 132 cm³/mol. The fraction of sp³-hybridized carbons (Fsp3) is 0.733. The molecule has 0 bridgehead atoms. The SMILES string of the molecule is C=CCCc1ccc(OCC2CCC3CC(C4CCC(CCC)CC4)CCC3C2)c(F)c1F. The molecule has 0 spiro atoms. The fourth-order valence-electron chi connectivity index (χ4n) is 7.30. The van der Waals surface area contributed by atoms with Crippen LogP contribution in [0.15, 0.2) is 24.8 Å². The van der Waals surface area contributed by atoms with Gasteiger partial charge < -0.3 is 4.74 Å². The molecule has 1 aromatic carbocycles. The molecule has 0 aromatic heterocycles. The van der Waals surface area contributed by atoms with E-state index in [4.69, 9.17) is 4.74 Å². The largest absolute Gasteiger partial charge is 0.490 e. The maximum atomic E-state index is 14.5. The minimum absolute atomic E-state index is 0.0689. The van der Waals surface area contributed by atoms with Gasteiger partial charge in [-0.3, -0.25) is 0 Å². The van der Waals surface area contributed by atoms with Crippen LogP contribution in [0.4, 0.5) is 8.78 Å². The highest BCUT2D eigenvalue weighted by Crippen LogP contribution is 2.49. The molecule has 1 aromatic rings. The van der Waals surface area contributed by atoms with E-state index in [2.05, 4.69) is 13.5 Å². The molecule has 3 saturated carbocycles. The zero-order valence-electron chi connectivity index (χ0n) is 20.7. The molecule has 184 valence electrons. The van der Waals surface area contributed by atoms with E-state index in [-0.39, 0.29) is 5.75 Å². The molecule has 0 N–H and O–H groups in total. The van der Waals surface area contributed by atoms with Crippen molar-refractivity contribution < 1.29 is 13.5 Å². The van der Waals surface area contributed by atoms with E-state index < -0.39 is 11.6 Å². The Balaban J connectivity index is 1.23. The van der Waals surface area contributed by atoms with Crippen LogP contribution in [-0.4, -0.2) is 6.61 Å². The van der Waals surface area contributed by atoms with Gasteiger partial charge in [0.05, 0.1) is 6.61 Å². The lowest BCUT2D eigenvalue weighted by Crippen LogP contribution is -2.35. The van der Waals surface area contributed by atoms with Gasteiger partial charge in [-0.15, -0.1) is 6.58 Å². The first-order chi connectivity index (χ1) is 16.1. The molecule has 4 atom stereocenters. The maximum absolute atomic E-state index is 14.5. The molecule has 0 saturated heterocycles. The number of halogens is 2. The van der Waals surface area contributed by atoms with Gasteiger partial charge in [-0.2, -0.15) is 4.39 Å². The molecule has 4 rings (SSSR count). The second-order valence-corrected chi connectivity index (χ2v) is 11.3. The summed E-state index contributed by atoms with van der Waals surface area (Å²) >= 11 is 0. The molecule has 33 heavy (non-hydrogen) atoms. The Hall–Kier alpha value is -1.38. The molecular weight excluding hydrogens is 414 g/mol. The Labute approximate surface area is 200 Å². The van der Waals surface area contributed by atoms with E-state index in [1.54, 1.807) is 18.2 Å². The van der Waals surface area contributed by atoms with Gasteiger partial charge >= 0.3 is 0 Å². The van der Waals surface area contributed by atoms with Crippen molar-refractivity contribution in [3.8, 4) is 5.75 Å². The van der Waals surface area contributed by atoms with Crippen LogP contribution in [0.1, 0.15) is 96.0 Å². The third-order valence-corrected chi connectivity index (χ3v) is 9.24. The van der Waals surface area contributed by atoms with Gasteiger partial charge in [-0.1, -0.05) is 44.7 Å². The van der Waals surface area contributed by atoms with Gasteiger partial charge in [0.2, 0.25) is 5.82 Å². The highest BCUT2D eigenvalue weighted by atomic mass is 19.2. The molecule has 3 aliphatic carbocycles. The van der Waals surface area contributed by atoms with Crippen LogP contribution < -0.4 is 4.74 Å². The summed E-state index contributed by atoms with van der Waals surface area (Å²) in [6.45, 7) is 6.49. The summed E-state index contributed by atoms with van der Waals surface area (Å²) in [6.07, 6.45) is 19.3. The van der Waals surface area contributed by atoms with Crippen LogP contribution in [0, 0.1) is 47.1 Å². The van der Waals surface area contributed by atoms with Gasteiger partial charge in [0.25, 0.3) is 0 Å². The normalized spacial score (nSPS) is 32.2. The number of allylic oxidation sites excluding steroid dienone is 1. The van der Waals surface area contributed by atoms with Crippen LogP contribution in [0.5, 0.6) is 5.75 Å². The first kappa shape index (κ1) is 24.7. The van der Waals surface area contributed by atoms with Crippen molar-refractivity contribution in [2.75, 3.05) is 6.61 Å². The van der Waals surface area contributed by atoms with E-state index in [9.17, 15) is 8.78 Å². The Kier molecular flexibility index (Phi) is 8.88. The van der Waals surface area contributed by atoms with Crippen molar-refractivity contribution in [2.24, 2.45) is 35.5 Å². The first-order valence-electron chi connectivity index (χ1n) is 13.8. The smallest absolute Gasteiger partial charge is 0.200 e. The summed E-state index contributed by atoms with van der Waals surface area (Å²) in [4.78, 5) is 0. The Morgan fingerprint density at radius 3 is 2.21 bits per heavy atom. The second-order valence-electron chi connectivity index (χ2n) is 11.3. The van der Waals surface area contributed by atoms with Crippen molar-refractivity contribution >= 4 is 0 Å². The van der Waals surface area contributed by atoms with Crippen molar-refractivity contribution in [2.45, 2.75) is 96.8 Å². The van der Waals surface area contributed by atoms with E-state index >= 15 is 0 Å². The Morgan fingerprint density at radius 1 is 0.848 bits per heavy atom. The Bertz CT molecular complexity index is 767. The van der Waals surface area contributed by atoms with Gasteiger partial charge in [-0.05, 0) is 111 Å². The molecule has 3 heteroatoms. The third kappa shape index (κ3) is 6.20. The average Bonchev–Trinajstić information content (AvgIpc) is 2.84. The van der Waals surface area contributed by atoms with E-state index in [1.165, 1.54) is 77.0 Å². The van der Waals surface area contributed by atoms with Crippen LogP contribution >= 0.6 is 0 Å². The highest BCUT2D eigenvalue weighted by Gasteiger charge is 2.38. The number of rotatable bonds is 9. The van der Waals surface area contributed by atoms with Crippen LogP contribution in [-0.2, 0) is 6.42 Å². The quantitative estimate of drug-likeness (QED) is 0.336. The lowest BCUT2D eigenvalue weighted by atomic mass is 9.61. The molecule has 1 nitrogen and oxygen atoms in total. The summed E-state index contributed by atoms with van der Waals surface area (Å²) in [5, 5.41) is 0. The summed E-state index contributed by atoms with van der Waals surface area (Å²) < 4.78 is 34.6. The topological polar surface area (TPSA) is 9.23 Å². The number of ether oxygens (including phenoxy) is 1. The van der Waals surface area contributed by atoms with Gasteiger partial charge in [-0.25, -0.2) is 4.39 Å². The predicted octanol–water partition coefficient (Wildman–Crippen LogP) is 8.90. The number of fused-ring (bicyclic) bond motifs is 1. The summed E-state index contributed by atoms with van der Waals surface area (Å²) in [6, 6.07) is 3.26. The molecule has 3 aliphatic rings. The molecule has 0 aliphatic heterocycles. The zero-order valence-corrected chi connectivity index (χ0v) is 20.7. The second kappa shape index (κ2) is 11.8. The lowest BCUT2D eigenvalue weighted by molar-refractivity contribution is 0.0478. The standard InChI is InChI=1S/C30H44F2O/c1-3-5-7-24-16-17-28(30(32)29(24)31)33-20-22-10-13-27-19-26(15-14-25(27)18-22)23-11-8-21(6-4-2)9-12-23/h3,16-17,21-23,25-27H,1,4-15,18-20H2,2H3. The van der Waals surface area contributed by atoms with Gasteiger partial charge in [0.1, 0.15) is 0 Å². The number of hydrogen-bond donors (Lipinski definition) is 0. The number of aryl methyl sites for hydroxylation is 1. The molecular formula is C30H44F2O. The van der Waals surface area contributed by atoms with E-state index in [0.29, 0.717) is 30.9 Å². The van der Waals surface area contributed by atoms with Crippen molar-refractivity contribution in [3.63, 3.8) is 0 Å². The number of hydrogen-bond acceptors (Lipinski definition) is 1. The molecule has 0 heterocycles. The molecule has 4 unspecified atom stereocenters. The van der Waals surface area contributed by atoms with Crippen molar-refractivity contribution in [3.05, 3.63) is 42.0 Å². The Morgan fingerprint density at radius 2 is 1.48 bits per heavy atom. The van der Waals surface area contributed by atoms with Crippen LogP contribution in [0.25, 0.3) is 0 Å². The van der Waals surface area contributed by atoms with Gasteiger partial charge in [0.15, 0.2) is 11.6 Å². The minimum atomic E-state index is -0.834. The maximum Gasteiger partial charge on any atom is 0.200 e. The number of benzene rings is 1. The van der Waals surface area contributed by atoms with Crippen molar-refractivity contribution in [1.29, 1.82) is 0 Å². The summed E-state index contributed by atoms with van der Waals surface area (Å²) in [7, 11) is 0. The monoisotopic (exact) mass is 458 g/mol. The first-order valence-corrected chi connectivity index (χ1v) is 13.8.